The average Bonchev–Trinajstić information content (AvgIpc) is 2.20. The number of rotatable bonds is 4. The van der Waals surface area contributed by atoms with E-state index in [0.29, 0.717) is 24.9 Å². The Morgan fingerprint density at radius 2 is 1.64 bits per heavy atom. The zero-order chi connectivity index (χ0) is 10.6. The molecule has 0 amide bonds. The number of nitrogens with two attached hydrogens (primary N) is 2. The van der Waals surface area contributed by atoms with Crippen LogP contribution in [0.1, 0.15) is 18.4 Å². The van der Waals surface area contributed by atoms with Crippen LogP contribution in [0.3, 0.4) is 0 Å². The molecular weight excluding hydrogens is 176 g/mol. The smallest absolute Gasteiger partial charge is 0.115 e. The van der Waals surface area contributed by atoms with E-state index in [-0.39, 0.29) is 5.75 Å². The molecule has 0 aliphatic rings. The summed E-state index contributed by atoms with van der Waals surface area (Å²) in [6.07, 6.45) is 0. The maximum absolute atomic E-state index is 9.14. The van der Waals surface area contributed by atoms with Crippen LogP contribution in [0.4, 0.5) is 0 Å². The highest BCUT2D eigenvalue weighted by atomic mass is 16.3. The predicted octanol–water partition coefficient (Wildman–Crippen LogP) is 1.03. The quantitative estimate of drug-likeness (QED) is 0.670. The Balaban J connectivity index is 2.77. The van der Waals surface area contributed by atoms with Gasteiger partial charge in [-0.3, -0.25) is 0 Å². The molecule has 1 aromatic rings. The Labute approximate surface area is 84.7 Å². The molecule has 0 aliphatic carbocycles. The summed E-state index contributed by atoms with van der Waals surface area (Å²) < 4.78 is 0. The largest absolute Gasteiger partial charge is 0.508 e. The van der Waals surface area contributed by atoms with Crippen molar-refractivity contribution in [1.82, 2.24) is 0 Å². The number of hydrogen-bond acceptors (Lipinski definition) is 3. The molecule has 0 bridgehead atoms. The van der Waals surface area contributed by atoms with Crippen LogP contribution in [0.15, 0.2) is 24.3 Å². The van der Waals surface area contributed by atoms with E-state index in [1.165, 1.54) is 5.56 Å². The summed E-state index contributed by atoms with van der Waals surface area (Å²) >= 11 is 0. The lowest BCUT2D eigenvalue weighted by atomic mass is 9.88. The van der Waals surface area contributed by atoms with Gasteiger partial charge in [0.05, 0.1) is 0 Å². The third-order valence-corrected chi connectivity index (χ3v) is 2.73. The van der Waals surface area contributed by atoms with E-state index in [1.807, 2.05) is 12.1 Å². The van der Waals surface area contributed by atoms with E-state index in [4.69, 9.17) is 16.6 Å². The van der Waals surface area contributed by atoms with Gasteiger partial charge in [-0.05, 0) is 42.6 Å². The first kappa shape index (κ1) is 11.0. The molecule has 3 nitrogen and oxygen atoms in total. The molecule has 0 aromatic heterocycles. The molecule has 78 valence electrons. The number of aromatic hydroxyl groups is 1. The summed E-state index contributed by atoms with van der Waals surface area (Å²) in [5, 5.41) is 9.14. The minimum atomic E-state index is 0.290. The molecule has 1 rings (SSSR count). The lowest BCUT2D eigenvalue weighted by Gasteiger charge is -2.21. The van der Waals surface area contributed by atoms with Crippen LogP contribution in [0.25, 0.3) is 0 Å². The van der Waals surface area contributed by atoms with Gasteiger partial charge in [-0.2, -0.15) is 0 Å². The first-order valence-electron chi connectivity index (χ1n) is 4.88. The SMILES string of the molecule is CC(c1ccc(O)cc1)C(CN)CN. The van der Waals surface area contributed by atoms with Gasteiger partial charge in [0.1, 0.15) is 5.75 Å². The first-order valence-corrected chi connectivity index (χ1v) is 4.88. The maximum atomic E-state index is 9.14. The van der Waals surface area contributed by atoms with Gasteiger partial charge in [-0.1, -0.05) is 19.1 Å². The molecule has 1 unspecified atom stereocenters. The monoisotopic (exact) mass is 194 g/mol. The van der Waals surface area contributed by atoms with Gasteiger partial charge < -0.3 is 16.6 Å². The molecule has 0 saturated carbocycles. The molecule has 1 aromatic carbocycles. The Kier molecular flexibility index (Phi) is 3.92. The van der Waals surface area contributed by atoms with Crippen molar-refractivity contribution in [2.75, 3.05) is 13.1 Å². The topological polar surface area (TPSA) is 72.3 Å². The van der Waals surface area contributed by atoms with Crippen molar-refractivity contribution in [3.63, 3.8) is 0 Å². The van der Waals surface area contributed by atoms with Gasteiger partial charge in [0, 0.05) is 0 Å². The van der Waals surface area contributed by atoms with Crippen molar-refractivity contribution >= 4 is 0 Å². The molecule has 0 fully saturated rings. The highest BCUT2D eigenvalue weighted by molar-refractivity contribution is 5.28. The highest BCUT2D eigenvalue weighted by Crippen LogP contribution is 2.24. The first-order chi connectivity index (χ1) is 6.69. The molecular formula is C11H18N2O. The molecule has 0 heterocycles. The van der Waals surface area contributed by atoms with Crippen molar-refractivity contribution in [3.8, 4) is 5.75 Å². The molecule has 3 heteroatoms. The van der Waals surface area contributed by atoms with Gasteiger partial charge in [0.15, 0.2) is 0 Å². The summed E-state index contributed by atoms with van der Waals surface area (Å²) in [6.45, 7) is 3.30. The van der Waals surface area contributed by atoms with Crippen molar-refractivity contribution < 1.29 is 5.11 Å². The summed E-state index contributed by atoms with van der Waals surface area (Å²) in [4.78, 5) is 0. The normalized spacial score (nSPS) is 13.1. The van der Waals surface area contributed by atoms with Gasteiger partial charge >= 0.3 is 0 Å². The summed E-state index contributed by atoms with van der Waals surface area (Å²) in [7, 11) is 0. The van der Waals surface area contributed by atoms with Crippen LogP contribution in [0, 0.1) is 5.92 Å². The van der Waals surface area contributed by atoms with Crippen LogP contribution < -0.4 is 11.5 Å². The third-order valence-electron chi connectivity index (χ3n) is 2.73. The van der Waals surface area contributed by atoms with Crippen LogP contribution in [0.5, 0.6) is 5.75 Å². The molecule has 0 spiro atoms. The fourth-order valence-corrected chi connectivity index (χ4v) is 1.55. The number of hydrogen-bond donors (Lipinski definition) is 3. The van der Waals surface area contributed by atoms with Crippen LogP contribution in [-0.2, 0) is 0 Å². The number of phenols is 1. The summed E-state index contributed by atoms with van der Waals surface area (Å²) in [5.41, 5.74) is 12.4. The lowest BCUT2D eigenvalue weighted by Crippen LogP contribution is -2.27. The Hall–Kier alpha value is -1.06. The van der Waals surface area contributed by atoms with Crippen molar-refractivity contribution in [2.45, 2.75) is 12.8 Å². The Morgan fingerprint density at radius 3 is 2.07 bits per heavy atom. The molecule has 5 N–H and O–H groups in total. The van der Waals surface area contributed by atoms with Crippen LogP contribution in [0.2, 0.25) is 0 Å². The van der Waals surface area contributed by atoms with Crippen molar-refractivity contribution in [2.24, 2.45) is 17.4 Å². The van der Waals surface area contributed by atoms with Gasteiger partial charge in [0.2, 0.25) is 0 Å². The maximum Gasteiger partial charge on any atom is 0.115 e. The van der Waals surface area contributed by atoms with Crippen LogP contribution in [-0.4, -0.2) is 18.2 Å². The molecule has 1 atom stereocenters. The zero-order valence-corrected chi connectivity index (χ0v) is 8.48. The standard InChI is InChI=1S/C11H18N2O/c1-8(10(6-12)7-13)9-2-4-11(14)5-3-9/h2-5,8,10,14H,6-7,12-13H2,1H3. The minimum absolute atomic E-state index is 0.290. The number of benzene rings is 1. The minimum Gasteiger partial charge on any atom is -0.508 e. The average molecular weight is 194 g/mol. The van der Waals surface area contributed by atoms with Crippen LogP contribution >= 0.6 is 0 Å². The van der Waals surface area contributed by atoms with Gasteiger partial charge in [0.25, 0.3) is 0 Å². The predicted molar refractivity (Wildman–Crippen MR) is 58.1 cm³/mol. The van der Waals surface area contributed by atoms with E-state index < -0.39 is 0 Å². The fourth-order valence-electron chi connectivity index (χ4n) is 1.55. The highest BCUT2D eigenvalue weighted by Gasteiger charge is 2.15. The molecule has 14 heavy (non-hydrogen) atoms. The molecule has 0 saturated heterocycles. The molecule has 0 aliphatic heterocycles. The van der Waals surface area contributed by atoms with Crippen molar-refractivity contribution in [3.05, 3.63) is 29.8 Å². The third kappa shape index (κ3) is 2.47. The zero-order valence-electron chi connectivity index (χ0n) is 8.48. The second kappa shape index (κ2) is 4.98. The lowest BCUT2D eigenvalue weighted by molar-refractivity contribution is 0.461. The van der Waals surface area contributed by atoms with E-state index in [1.54, 1.807) is 12.1 Å². The second-order valence-electron chi connectivity index (χ2n) is 3.61. The van der Waals surface area contributed by atoms with Gasteiger partial charge in [-0.15, -0.1) is 0 Å². The molecule has 0 radical (unpaired) electrons. The Bertz CT molecular complexity index is 267. The van der Waals surface area contributed by atoms with E-state index in [2.05, 4.69) is 6.92 Å². The number of phenolic OH excluding ortho intramolecular Hbond substituents is 1. The van der Waals surface area contributed by atoms with E-state index in [9.17, 15) is 0 Å². The summed E-state index contributed by atoms with van der Waals surface area (Å²) in [5.74, 6) is 0.933. The van der Waals surface area contributed by atoms with E-state index in [0.717, 1.165) is 0 Å². The second-order valence-corrected chi connectivity index (χ2v) is 3.61. The van der Waals surface area contributed by atoms with Crippen molar-refractivity contribution in [1.29, 1.82) is 0 Å². The van der Waals surface area contributed by atoms with E-state index >= 15 is 0 Å². The Morgan fingerprint density at radius 1 is 1.14 bits per heavy atom. The van der Waals surface area contributed by atoms with Gasteiger partial charge in [-0.25, -0.2) is 0 Å². The fraction of sp³-hybridized carbons (Fsp3) is 0.455. The summed E-state index contributed by atoms with van der Waals surface area (Å²) in [6, 6.07) is 7.21.